The van der Waals surface area contributed by atoms with E-state index in [1.54, 1.807) is 24.3 Å². The van der Waals surface area contributed by atoms with Crippen LogP contribution in [0.25, 0.3) is 0 Å². The van der Waals surface area contributed by atoms with Crippen molar-refractivity contribution in [3.8, 4) is 11.5 Å². The predicted octanol–water partition coefficient (Wildman–Crippen LogP) is 5.45. The van der Waals surface area contributed by atoms with Crippen LogP contribution in [0.2, 0.25) is 0 Å². The number of carbonyl (C=O) groups excluding carboxylic acids is 2. The van der Waals surface area contributed by atoms with Crippen LogP contribution in [0, 0.1) is 0 Å². The Bertz CT molecular complexity index is 1070. The molecule has 1 aliphatic heterocycles. The quantitative estimate of drug-likeness (QED) is 0.424. The SMILES string of the molecule is CCOc1ccc([C@@H](CCc2ccccc2)N2C(=O)c3ccccc3C2=O)cc1OCC. The maximum absolute atomic E-state index is 13.3. The van der Waals surface area contributed by atoms with E-state index < -0.39 is 6.04 Å². The molecule has 0 aromatic heterocycles. The van der Waals surface area contributed by atoms with E-state index >= 15 is 0 Å². The summed E-state index contributed by atoms with van der Waals surface area (Å²) in [6, 6.07) is 22.4. The molecule has 1 aliphatic rings. The molecule has 164 valence electrons. The molecule has 32 heavy (non-hydrogen) atoms. The summed E-state index contributed by atoms with van der Waals surface area (Å²) in [5.74, 6) is 0.765. The predicted molar refractivity (Wildman–Crippen MR) is 123 cm³/mol. The summed E-state index contributed by atoms with van der Waals surface area (Å²) in [7, 11) is 0. The highest BCUT2D eigenvalue weighted by Crippen LogP contribution is 2.38. The van der Waals surface area contributed by atoms with Crippen molar-refractivity contribution >= 4 is 11.8 Å². The number of hydrogen-bond acceptors (Lipinski definition) is 4. The number of hydrogen-bond donors (Lipinski definition) is 0. The standard InChI is InChI=1S/C27H27NO4/c1-3-31-24-17-15-20(18-25(24)32-4-2)23(16-14-19-10-6-5-7-11-19)28-26(29)21-12-8-9-13-22(21)27(28)30/h5-13,15,17-18,23H,3-4,14,16H2,1-2H3/t23-/m1/s1. The summed E-state index contributed by atoms with van der Waals surface area (Å²) in [5.41, 5.74) is 2.92. The second kappa shape index (κ2) is 9.69. The third-order valence-electron chi connectivity index (χ3n) is 5.64. The van der Waals surface area contributed by atoms with Gasteiger partial charge in [0.1, 0.15) is 0 Å². The van der Waals surface area contributed by atoms with E-state index in [2.05, 4.69) is 12.1 Å². The van der Waals surface area contributed by atoms with E-state index in [9.17, 15) is 9.59 Å². The molecule has 0 N–H and O–H groups in total. The van der Waals surface area contributed by atoms with Crippen molar-refractivity contribution in [2.45, 2.75) is 32.7 Å². The summed E-state index contributed by atoms with van der Waals surface area (Å²) in [6.45, 7) is 4.85. The number of ether oxygens (including phenoxy) is 2. The summed E-state index contributed by atoms with van der Waals surface area (Å²) in [5, 5.41) is 0. The fourth-order valence-electron chi connectivity index (χ4n) is 4.16. The molecule has 0 bridgehead atoms. The lowest BCUT2D eigenvalue weighted by Crippen LogP contribution is -2.34. The van der Waals surface area contributed by atoms with E-state index in [0.29, 0.717) is 42.3 Å². The van der Waals surface area contributed by atoms with Crippen molar-refractivity contribution in [3.05, 3.63) is 95.1 Å². The highest BCUT2D eigenvalue weighted by molar-refractivity contribution is 6.21. The van der Waals surface area contributed by atoms with Crippen LogP contribution in [-0.4, -0.2) is 29.9 Å². The summed E-state index contributed by atoms with van der Waals surface area (Å²) < 4.78 is 11.5. The number of benzene rings is 3. The van der Waals surface area contributed by atoms with Crippen molar-refractivity contribution < 1.29 is 19.1 Å². The van der Waals surface area contributed by atoms with Gasteiger partial charge in [-0.05, 0) is 62.1 Å². The minimum Gasteiger partial charge on any atom is -0.490 e. The van der Waals surface area contributed by atoms with Crippen LogP contribution >= 0.6 is 0 Å². The smallest absolute Gasteiger partial charge is 0.262 e. The maximum Gasteiger partial charge on any atom is 0.262 e. The Morgan fingerprint density at radius 2 is 1.34 bits per heavy atom. The highest BCUT2D eigenvalue weighted by atomic mass is 16.5. The van der Waals surface area contributed by atoms with Crippen LogP contribution in [0.15, 0.2) is 72.8 Å². The molecule has 2 amide bonds. The van der Waals surface area contributed by atoms with Crippen LogP contribution in [-0.2, 0) is 6.42 Å². The maximum atomic E-state index is 13.3. The zero-order valence-electron chi connectivity index (χ0n) is 18.4. The lowest BCUT2D eigenvalue weighted by atomic mass is 9.97. The number of nitrogens with zero attached hydrogens (tertiary/aromatic N) is 1. The molecule has 0 radical (unpaired) electrons. The molecule has 0 saturated heterocycles. The Balaban J connectivity index is 1.72. The van der Waals surface area contributed by atoms with Crippen molar-refractivity contribution in [2.24, 2.45) is 0 Å². The largest absolute Gasteiger partial charge is 0.490 e. The third kappa shape index (κ3) is 4.24. The minimum absolute atomic E-state index is 0.254. The fourth-order valence-corrected chi connectivity index (χ4v) is 4.16. The van der Waals surface area contributed by atoms with E-state index in [4.69, 9.17) is 9.47 Å². The average Bonchev–Trinajstić information content (AvgIpc) is 3.07. The average molecular weight is 430 g/mol. The second-order valence-corrected chi connectivity index (χ2v) is 7.64. The van der Waals surface area contributed by atoms with Gasteiger partial charge in [0.05, 0.1) is 30.4 Å². The summed E-state index contributed by atoms with van der Waals surface area (Å²) in [4.78, 5) is 27.9. The van der Waals surface area contributed by atoms with Crippen LogP contribution < -0.4 is 9.47 Å². The van der Waals surface area contributed by atoms with Crippen LogP contribution in [0.5, 0.6) is 11.5 Å². The summed E-state index contributed by atoms with van der Waals surface area (Å²) in [6.07, 6.45) is 1.34. The van der Waals surface area contributed by atoms with Crippen LogP contribution in [0.1, 0.15) is 58.2 Å². The highest BCUT2D eigenvalue weighted by Gasteiger charge is 2.40. The lowest BCUT2D eigenvalue weighted by Gasteiger charge is -2.27. The van der Waals surface area contributed by atoms with Crippen molar-refractivity contribution in [3.63, 3.8) is 0 Å². The van der Waals surface area contributed by atoms with Gasteiger partial charge in [0.15, 0.2) is 11.5 Å². The van der Waals surface area contributed by atoms with E-state index in [1.165, 1.54) is 4.90 Å². The Labute approximate surface area is 188 Å². The number of aryl methyl sites for hydroxylation is 1. The third-order valence-corrected chi connectivity index (χ3v) is 5.64. The molecule has 0 spiro atoms. The zero-order chi connectivity index (χ0) is 22.5. The first-order valence-electron chi connectivity index (χ1n) is 11.0. The van der Waals surface area contributed by atoms with Gasteiger partial charge in [0, 0.05) is 0 Å². The van der Waals surface area contributed by atoms with Gasteiger partial charge in [-0.15, -0.1) is 0 Å². The van der Waals surface area contributed by atoms with E-state index in [1.807, 2.05) is 50.2 Å². The first-order chi connectivity index (χ1) is 15.6. The number of fused-ring (bicyclic) bond motifs is 1. The number of carbonyl (C=O) groups is 2. The second-order valence-electron chi connectivity index (χ2n) is 7.64. The molecule has 1 atom stereocenters. The number of rotatable bonds is 9. The first kappa shape index (κ1) is 21.6. The molecule has 0 unspecified atom stereocenters. The Morgan fingerprint density at radius 1 is 0.750 bits per heavy atom. The Hall–Kier alpha value is -3.60. The molecule has 3 aromatic carbocycles. The normalized spacial score (nSPS) is 13.8. The first-order valence-corrected chi connectivity index (χ1v) is 11.0. The van der Waals surface area contributed by atoms with Crippen molar-refractivity contribution in [1.29, 1.82) is 0 Å². The van der Waals surface area contributed by atoms with Gasteiger partial charge in [-0.2, -0.15) is 0 Å². The monoisotopic (exact) mass is 429 g/mol. The van der Waals surface area contributed by atoms with Gasteiger partial charge in [0.2, 0.25) is 0 Å². The van der Waals surface area contributed by atoms with E-state index in [0.717, 1.165) is 17.5 Å². The number of imide groups is 1. The van der Waals surface area contributed by atoms with Gasteiger partial charge in [0.25, 0.3) is 11.8 Å². The van der Waals surface area contributed by atoms with Gasteiger partial charge in [-0.3, -0.25) is 14.5 Å². The molecular formula is C27H27NO4. The molecule has 4 rings (SSSR count). The zero-order valence-corrected chi connectivity index (χ0v) is 18.4. The summed E-state index contributed by atoms with van der Waals surface area (Å²) >= 11 is 0. The van der Waals surface area contributed by atoms with Crippen LogP contribution in [0.3, 0.4) is 0 Å². The van der Waals surface area contributed by atoms with Crippen molar-refractivity contribution in [2.75, 3.05) is 13.2 Å². The fraction of sp³-hybridized carbons (Fsp3) is 0.259. The Morgan fingerprint density at radius 3 is 1.97 bits per heavy atom. The van der Waals surface area contributed by atoms with E-state index in [-0.39, 0.29) is 11.8 Å². The lowest BCUT2D eigenvalue weighted by molar-refractivity contribution is 0.0573. The molecule has 0 fully saturated rings. The topological polar surface area (TPSA) is 55.8 Å². The molecular weight excluding hydrogens is 402 g/mol. The van der Waals surface area contributed by atoms with Gasteiger partial charge < -0.3 is 9.47 Å². The molecule has 5 nitrogen and oxygen atoms in total. The molecule has 0 aliphatic carbocycles. The molecule has 0 saturated carbocycles. The van der Waals surface area contributed by atoms with Crippen molar-refractivity contribution in [1.82, 2.24) is 4.90 Å². The molecule has 3 aromatic rings. The van der Waals surface area contributed by atoms with Crippen LogP contribution in [0.4, 0.5) is 0 Å². The van der Waals surface area contributed by atoms with Gasteiger partial charge >= 0.3 is 0 Å². The molecule has 1 heterocycles. The Kier molecular flexibility index (Phi) is 6.55. The van der Waals surface area contributed by atoms with Gasteiger partial charge in [-0.25, -0.2) is 0 Å². The minimum atomic E-state index is -0.419. The van der Waals surface area contributed by atoms with Gasteiger partial charge in [-0.1, -0.05) is 48.5 Å². The number of amides is 2. The molecule has 5 heteroatoms.